The third-order valence-corrected chi connectivity index (χ3v) is 6.16. The van der Waals surface area contributed by atoms with Gasteiger partial charge in [0, 0.05) is 12.1 Å². The van der Waals surface area contributed by atoms with E-state index < -0.39 is 20.9 Å². The molecule has 0 spiro atoms. The third-order valence-electron chi connectivity index (χ3n) is 2.62. The van der Waals surface area contributed by atoms with Gasteiger partial charge in [0.1, 0.15) is 15.3 Å². The van der Waals surface area contributed by atoms with Crippen LogP contribution in [0.2, 0.25) is 0 Å². The molecule has 2 N–H and O–H groups in total. The average molecular weight is 285 g/mol. The van der Waals surface area contributed by atoms with Crippen molar-refractivity contribution in [1.29, 1.82) is 0 Å². The lowest BCUT2D eigenvalue weighted by atomic mass is 10.1. The van der Waals surface area contributed by atoms with Crippen molar-refractivity contribution in [2.75, 3.05) is 6.54 Å². The summed E-state index contributed by atoms with van der Waals surface area (Å²) >= 11 is 1.11. The minimum absolute atomic E-state index is 0.119. The lowest BCUT2D eigenvalue weighted by Gasteiger charge is -2.15. The highest BCUT2D eigenvalue weighted by atomic mass is 32.2. The molecule has 1 aromatic heterocycles. The van der Waals surface area contributed by atoms with E-state index in [9.17, 15) is 12.8 Å². The summed E-state index contributed by atoms with van der Waals surface area (Å²) in [5, 5.41) is 0.624. The lowest BCUT2D eigenvalue weighted by Crippen LogP contribution is -2.22. The van der Waals surface area contributed by atoms with E-state index in [0.29, 0.717) is 0 Å². The molecule has 0 saturated heterocycles. The number of hydrogen-bond donors (Lipinski definition) is 1. The Hall–Kier alpha value is -1.24. The van der Waals surface area contributed by atoms with Crippen molar-refractivity contribution in [1.82, 2.24) is 0 Å². The standard InChI is InChI=1S/C12H12FNO2S2/c13-10-5-2-1-4-9(10)11(8-14)18(15,16)12-6-3-7-17-12/h1-7,11H,8,14H2. The van der Waals surface area contributed by atoms with E-state index in [1.165, 1.54) is 24.3 Å². The highest BCUT2D eigenvalue weighted by Crippen LogP contribution is 2.31. The molecule has 0 fully saturated rings. The number of thiophene rings is 1. The van der Waals surface area contributed by atoms with E-state index in [0.717, 1.165) is 11.3 Å². The van der Waals surface area contributed by atoms with Gasteiger partial charge < -0.3 is 5.73 Å². The molecule has 0 aliphatic heterocycles. The SMILES string of the molecule is NCC(c1ccccc1F)S(=O)(=O)c1cccs1. The number of sulfone groups is 1. The Bertz CT molecular complexity index is 623. The van der Waals surface area contributed by atoms with E-state index in [4.69, 9.17) is 5.73 Å². The second kappa shape index (κ2) is 5.17. The first-order valence-corrected chi connectivity index (χ1v) is 7.72. The summed E-state index contributed by atoms with van der Waals surface area (Å²) in [4.78, 5) is 0. The summed E-state index contributed by atoms with van der Waals surface area (Å²) in [6, 6.07) is 8.96. The fourth-order valence-corrected chi connectivity index (χ4v) is 4.55. The fraction of sp³-hybridized carbons (Fsp3) is 0.167. The molecule has 0 amide bonds. The molecule has 3 nitrogen and oxygen atoms in total. The van der Waals surface area contributed by atoms with Crippen LogP contribution in [0, 0.1) is 5.82 Å². The maximum atomic E-state index is 13.7. The van der Waals surface area contributed by atoms with Crippen molar-refractivity contribution in [2.24, 2.45) is 5.73 Å². The van der Waals surface area contributed by atoms with Crippen LogP contribution in [0.25, 0.3) is 0 Å². The minimum atomic E-state index is -3.63. The van der Waals surface area contributed by atoms with E-state index >= 15 is 0 Å². The van der Waals surface area contributed by atoms with Gasteiger partial charge in [-0.25, -0.2) is 12.8 Å². The summed E-state index contributed by atoms with van der Waals surface area (Å²) in [6.07, 6.45) is 0. The highest BCUT2D eigenvalue weighted by Gasteiger charge is 2.30. The zero-order valence-corrected chi connectivity index (χ0v) is 11.0. The minimum Gasteiger partial charge on any atom is -0.329 e. The molecule has 18 heavy (non-hydrogen) atoms. The number of halogens is 1. The maximum absolute atomic E-state index is 13.7. The van der Waals surface area contributed by atoms with Crippen molar-refractivity contribution < 1.29 is 12.8 Å². The predicted octanol–water partition coefficient (Wildman–Crippen LogP) is 2.36. The zero-order valence-electron chi connectivity index (χ0n) is 9.41. The summed E-state index contributed by atoms with van der Waals surface area (Å²) in [5.41, 5.74) is 5.64. The van der Waals surface area contributed by atoms with Gasteiger partial charge in [-0.1, -0.05) is 24.3 Å². The van der Waals surface area contributed by atoms with Gasteiger partial charge in [0.25, 0.3) is 0 Å². The molecule has 2 aromatic rings. The summed E-state index contributed by atoms with van der Waals surface area (Å²) < 4.78 is 38.6. The molecule has 1 aromatic carbocycles. The molecule has 0 radical (unpaired) electrons. The topological polar surface area (TPSA) is 60.2 Å². The quantitative estimate of drug-likeness (QED) is 0.938. The van der Waals surface area contributed by atoms with E-state index in [1.54, 1.807) is 17.5 Å². The molecule has 1 unspecified atom stereocenters. The molecule has 0 bridgehead atoms. The van der Waals surface area contributed by atoms with Crippen LogP contribution < -0.4 is 5.73 Å². The second-order valence-corrected chi connectivity index (χ2v) is 7.03. The first-order chi connectivity index (χ1) is 8.57. The molecule has 1 heterocycles. The Kier molecular flexibility index (Phi) is 3.79. The van der Waals surface area contributed by atoms with Crippen LogP contribution in [0.4, 0.5) is 4.39 Å². The largest absolute Gasteiger partial charge is 0.329 e. The second-order valence-electron chi connectivity index (χ2n) is 3.72. The van der Waals surface area contributed by atoms with E-state index in [1.807, 2.05) is 0 Å². The molecular formula is C12H12FNO2S2. The van der Waals surface area contributed by atoms with Crippen molar-refractivity contribution in [2.45, 2.75) is 9.46 Å². The van der Waals surface area contributed by atoms with Crippen LogP contribution in [-0.2, 0) is 9.84 Å². The molecular weight excluding hydrogens is 273 g/mol. The van der Waals surface area contributed by atoms with Crippen molar-refractivity contribution >= 4 is 21.2 Å². The maximum Gasteiger partial charge on any atom is 0.196 e. The number of hydrogen-bond acceptors (Lipinski definition) is 4. The molecule has 0 saturated carbocycles. The van der Waals surface area contributed by atoms with Crippen LogP contribution in [0.1, 0.15) is 10.8 Å². The smallest absolute Gasteiger partial charge is 0.196 e. The average Bonchev–Trinajstić information content (AvgIpc) is 2.86. The van der Waals surface area contributed by atoms with Crippen molar-refractivity contribution in [3.05, 3.63) is 53.2 Å². The van der Waals surface area contributed by atoms with E-state index in [2.05, 4.69) is 0 Å². The van der Waals surface area contributed by atoms with Crippen molar-refractivity contribution in [3.8, 4) is 0 Å². The van der Waals surface area contributed by atoms with Crippen LogP contribution in [0.5, 0.6) is 0 Å². The van der Waals surface area contributed by atoms with Gasteiger partial charge in [-0.3, -0.25) is 0 Å². The predicted molar refractivity (Wildman–Crippen MR) is 69.7 cm³/mol. The summed E-state index contributed by atoms with van der Waals surface area (Å²) in [7, 11) is -3.63. The van der Waals surface area contributed by atoms with Crippen LogP contribution in [0.3, 0.4) is 0 Å². The molecule has 6 heteroatoms. The van der Waals surface area contributed by atoms with Crippen LogP contribution >= 0.6 is 11.3 Å². The van der Waals surface area contributed by atoms with Gasteiger partial charge in [0.05, 0.1) is 0 Å². The fourth-order valence-electron chi connectivity index (χ4n) is 1.72. The van der Waals surface area contributed by atoms with Gasteiger partial charge in [-0.15, -0.1) is 11.3 Å². The van der Waals surface area contributed by atoms with Crippen LogP contribution in [0.15, 0.2) is 46.0 Å². The Labute approximate surface area is 109 Å². The van der Waals surface area contributed by atoms with Gasteiger partial charge >= 0.3 is 0 Å². The zero-order chi connectivity index (χ0) is 13.2. The van der Waals surface area contributed by atoms with E-state index in [-0.39, 0.29) is 16.3 Å². The third kappa shape index (κ3) is 2.31. The van der Waals surface area contributed by atoms with Crippen LogP contribution in [-0.4, -0.2) is 15.0 Å². The number of benzene rings is 1. The number of nitrogens with two attached hydrogens (primary N) is 1. The van der Waals surface area contributed by atoms with Gasteiger partial charge in [-0.2, -0.15) is 0 Å². The van der Waals surface area contributed by atoms with Gasteiger partial charge in [-0.05, 0) is 17.5 Å². The Balaban J connectivity index is 2.51. The monoisotopic (exact) mass is 285 g/mol. The molecule has 0 aliphatic rings. The Morgan fingerprint density at radius 1 is 1.22 bits per heavy atom. The molecule has 0 aliphatic carbocycles. The highest BCUT2D eigenvalue weighted by molar-refractivity contribution is 7.93. The van der Waals surface area contributed by atoms with Gasteiger partial charge in [0.2, 0.25) is 0 Å². The first kappa shape index (κ1) is 13.2. The van der Waals surface area contributed by atoms with Gasteiger partial charge in [0.15, 0.2) is 9.84 Å². The lowest BCUT2D eigenvalue weighted by molar-refractivity contribution is 0.570. The molecule has 96 valence electrons. The first-order valence-electron chi connectivity index (χ1n) is 5.29. The van der Waals surface area contributed by atoms with Crippen molar-refractivity contribution in [3.63, 3.8) is 0 Å². The normalized spacial score (nSPS) is 13.4. The summed E-state index contributed by atoms with van der Waals surface area (Å²) in [6.45, 7) is -0.152. The Morgan fingerprint density at radius 3 is 2.50 bits per heavy atom. The summed E-state index contributed by atoms with van der Waals surface area (Å²) in [5.74, 6) is -0.548. The molecule has 1 atom stereocenters. The number of rotatable bonds is 4. The molecule has 2 rings (SSSR count). The Morgan fingerprint density at radius 2 is 1.94 bits per heavy atom.